The molecule has 4 rings (SSSR count). The fourth-order valence-electron chi connectivity index (χ4n) is 3.90. The van der Waals surface area contributed by atoms with E-state index in [0.29, 0.717) is 17.1 Å². The van der Waals surface area contributed by atoms with Gasteiger partial charge in [-0.3, -0.25) is 0 Å². The molecule has 2 N–H and O–H groups in total. The van der Waals surface area contributed by atoms with Gasteiger partial charge >= 0.3 is 0 Å². The minimum atomic E-state index is -1.58. The van der Waals surface area contributed by atoms with Crippen LogP contribution in [0.5, 0.6) is 0 Å². The van der Waals surface area contributed by atoms with Gasteiger partial charge in [-0.05, 0) is 37.4 Å². The van der Waals surface area contributed by atoms with Crippen molar-refractivity contribution >= 4 is 43.2 Å². The molecule has 0 bridgehead atoms. The molecule has 5 nitrogen and oxygen atoms in total. The molecule has 148 valence electrons. The molecular formula is C21H24BrN3O2S. The van der Waals surface area contributed by atoms with Crippen LogP contribution in [0.15, 0.2) is 46.9 Å². The summed E-state index contributed by atoms with van der Waals surface area (Å²) in [5.41, 5.74) is 0.776. The summed E-state index contributed by atoms with van der Waals surface area (Å²) in [5, 5.41) is 23.6. The summed E-state index contributed by atoms with van der Waals surface area (Å²) in [4.78, 5) is 8.87. The zero-order valence-electron chi connectivity index (χ0n) is 16.0. The Kier molecular flexibility index (Phi) is 5.46. The van der Waals surface area contributed by atoms with E-state index in [0.717, 1.165) is 40.0 Å². The second-order valence-corrected chi connectivity index (χ2v) is 8.87. The Morgan fingerprint density at radius 1 is 1.18 bits per heavy atom. The van der Waals surface area contributed by atoms with Crippen LogP contribution < -0.4 is 4.90 Å². The van der Waals surface area contributed by atoms with Gasteiger partial charge in [-0.2, -0.15) is 0 Å². The van der Waals surface area contributed by atoms with Gasteiger partial charge in [0, 0.05) is 28.8 Å². The van der Waals surface area contributed by atoms with Crippen molar-refractivity contribution < 1.29 is 10.2 Å². The molecule has 2 unspecified atom stereocenters. The Balaban J connectivity index is 1.79. The highest BCUT2D eigenvalue weighted by atomic mass is 79.9. The number of rotatable bonds is 6. The van der Waals surface area contributed by atoms with E-state index in [4.69, 9.17) is 0 Å². The Labute approximate surface area is 177 Å². The van der Waals surface area contributed by atoms with Crippen molar-refractivity contribution in [1.82, 2.24) is 9.88 Å². The molecule has 2 heterocycles. The molecule has 3 aromatic rings. The third-order valence-corrected chi connectivity index (χ3v) is 7.34. The van der Waals surface area contributed by atoms with Gasteiger partial charge in [-0.15, -0.1) is 11.3 Å². The molecule has 0 saturated carbocycles. The SMILES string of the molecule is CCN(CC)CCN1c2cccc(Br)c2C(O)(c2nc3ccccc3s2)C1O. The number of para-hydroxylation sites is 1. The molecule has 0 fully saturated rings. The van der Waals surface area contributed by atoms with E-state index in [-0.39, 0.29) is 0 Å². The molecule has 1 aliphatic rings. The smallest absolute Gasteiger partial charge is 0.189 e. The van der Waals surface area contributed by atoms with Crippen molar-refractivity contribution in [2.24, 2.45) is 0 Å². The average molecular weight is 462 g/mol. The van der Waals surface area contributed by atoms with Crippen LogP contribution in [0, 0.1) is 0 Å². The Bertz CT molecular complexity index is 958. The molecule has 0 aliphatic carbocycles. The number of hydrogen-bond donors (Lipinski definition) is 2. The zero-order chi connectivity index (χ0) is 19.9. The van der Waals surface area contributed by atoms with E-state index in [2.05, 4.69) is 39.7 Å². The van der Waals surface area contributed by atoms with Crippen LogP contribution in [-0.4, -0.2) is 52.5 Å². The number of halogens is 1. The van der Waals surface area contributed by atoms with E-state index in [1.807, 2.05) is 47.4 Å². The largest absolute Gasteiger partial charge is 0.374 e. The predicted molar refractivity (Wildman–Crippen MR) is 118 cm³/mol. The number of aromatic nitrogens is 1. The van der Waals surface area contributed by atoms with Gasteiger partial charge in [0.25, 0.3) is 0 Å². The number of likely N-dealkylation sites (N-methyl/N-ethyl adjacent to an activating group) is 1. The van der Waals surface area contributed by atoms with Gasteiger partial charge in [-0.1, -0.05) is 48.0 Å². The maximum Gasteiger partial charge on any atom is 0.189 e. The molecule has 28 heavy (non-hydrogen) atoms. The Morgan fingerprint density at radius 2 is 1.93 bits per heavy atom. The van der Waals surface area contributed by atoms with Gasteiger partial charge < -0.3 is 20.0 Å². The molecule has 0 spiro atoms. The first kappa shape index (κ1) is 19.8. The molecule has 1 aromatic heterocycles. The van der Waals surface area contributed by atoms with Crippen molar-refractivity contribution in [3.63, 3.8) is 0 Å². The van der Waals surface area contributed by atoms with Crippen molar-refractivity contribution in [1.29, 1.82) is 0 Å². The maximum absolute atomic E-state index is 11.8. The number of thiazole rings is 1. The average Bonchev–Trinajstić information content (AvgIpc) is 3.23. The monoisotopic (exact) mass is 461 g/mol. The van der Waals surface area contributed by atoms with Crippen molar-refractivity contribution in [2.75, 3.05) is 31.1 Å². The van der Waals surface area contributed by atoms with Crippen LogP contribution >= 0.6 is 27.3 Å². The summed E-state index contributed by atoms with van der Waals surface area (Å²) < 4.78 is 1.77. The lowest BCUT2D eigenvalue weighted by Crippen LogP contribution is -2.48. The van der Waals surface area contributed by atoms with E-state index >= 15 is 0 Å². The summed E-state index contributed by atoms with van der Waals surface area (Å²) >= 11 is 5.02. The summed E-state index contributed by atoms with van der Waals surface area (Å²) in [6, 6.07) is 13.6. The second-order valence-electron chi connectivity index (χ2n) is 6.98. The minimum absolute atomic E-state index is 0.514. The topological polar surface area (TPSA) is 59.8 Å². The van der Waals surface area contributed by atoms with Crippen LogP contribution in [0.1, 0.15) is 24.4 Å². The first-order chi connectivity index (χ1) is 13.5. The van der Waals surface area contributed by atoms with Crippen LogP contribution in [-0.2, 0) is 5.60 Å². The zero-order valence-corrected chi connectivity index (χ0v) is 18.4. The van der Waals surface area contributed by atoms with Crippen LogP contribution in [0.4, 0.5) is 5.69 Å². The van der Waals surface area contributed by atoms with Gasteiger partial charge in [-0.25, -0.2) is 4.98 Å². The molecule has 7 heteroatoms. The molecule has 0 radical (unpaired) electrons. The number of benzene rings is 2. The normalized spacial score (nSPS) is 21.6. The maximum atomic E-state index is 11.8. The van der Waals surface area contributed by atoms with Crippen molar-refractivity contribution in [3.05, 3.63) is 57.5 Å². The number of nitrogens with zero attached hydrogens (tertiary/aromatic N) is 3. The standard InChI is InChI=1S/C21H24BrN3O2S/c1-3-24(4-2)12-13-25-16-10-7-8-14(22)18(16)21(27,20(25)26)19-23-15-9-5-6-11-17(15)28-19/h5-11,20,26-27H,3-4,12-13H2,1-2H3. The molecule has 0 saturated heterocycles. The summed E-state index contributed by atoms with van der Waals surface area (Å²) in [6.45, 7) is 7.60. The molecular weight excluding hydrogens is 438 g/mol. The lowest BCUT2D eigenvalue weighted by Gasteiger charge is -2.31. The third-order valence-electron chi connectivity index (χ3n) is 5.52. The highest BCUT2D eigenvalue weighted by Crippen LogP contribution is 2.51. The fraction of sp³-hybridized carbons (Fsp3) is 0.381. The predicted octanol–water partition coefficient (Wildman–Crippen LogP) is 3.77. The highest BCUT2D eigenvalue weighted by Gasteiger charge is 2.53. The number of aliphatic hydroxyl groups excluding tert-OH is 1. The van der Waals surface area contributed by atoms with Crippen molar-refractivity contribution in [3.8, 4) is 0 Å². The summed E-state index contributed by atoms with van der Waals surface area (Å²) in [5.74, 6) is 0. The fourth-order valence-corrected chi connectivity index (χ4v) is 5.64. The summed E-state index contributed by atoms with van der Waals surface area (Å²) in [6.07, 6.45) is -1.10. The van der Waals surface area contributed by atoms with Gasteiger partial charge in [0.2, 0.25) is 0 Å². The van der Waals surface area contributed by atoms with E-state index in [9.17, 15) is 10.2 Å². The van der Waals surface area contributed by atoms with Gasteiger partial charge in [0.1, 0.15) is 5.01 Å². The molecule has 2 atom stereocenters. The summed E-state index contributed by atoms with van der Waals surface area (Å²) in [7, 11) is 0. The minimum Gasteiger partial charge on any atom is -0.374 e. The first-order valence-electron chi connectivity index (χ1n) is 9.55. The Morgan fingerprint density at radius 3 is 2.64 bits per heavy atom. The molecule has 0 amide bonds. The quantitative estimate of drug-likeness (QED) is 0.584. The third kappa shape index (κ3) is 3.06. The Hall–Kier alpha value is -1.51. The number of aliphatic hydroxyl groups is 2. The van der Waals surface area contributed by atoms with Crippen LogP contribution in [0.3, 0.4) is 0 Å². The number of hydrogen-bond acceptors (Lipinski definition) is 6. The molecule has 1 aliphatic heterocycles. The van der Waals surface area contributed by atoms with E-state index in [1.54, 1.807) is 0 Å². The van der Waals surface area contributed by atoms with Crippen LogP contribution in [0.25, 0.3) is 10.2 Å². The number of fused-ring (bicyclic) bond motifs is 2. The van der Waals surface area contributed by atoms with Gasteiger partial charge in [0.05, 0.1) is 10.2 Å². The highest BCUT2D eigenvalue weighted by molar-refractivity contribution is 9.10. The lowest BCUT2D eigenvalue weighted by atomic mass is 9.95. The van der Waals surface area contributed by atoms with E-state index < -0.39 is 11.8 Å². The first-order valence-corrected chi connectivity index (χ1v) is 11.2. The van der Waals surface area contributed by atoms with Crippen LogP contribution in [0.2, 0.25) is 0 Å². The second kappa shape index (κ2) is 7.72. The van der Waals surface area contributed by atoms with Crippen molar-refractivity contribution in [2.45, 2.75) is 25.7 Å². The molecule has 2 aromatic carbocycles. The van der Waals surface area contributed by atoms with Gasteiger partial charge in [0.15, 0.2) is 11.8 Å². The lowest BCUT2D eigenvalue weighted by molar-refractivity contribution is -0.0391. The van der Waals surface area contributed by atoms with E-state index in [1.165, 1.54) is 11.3 Å². The number of anilines is 1.